The molecule has 0 heterocycles. The highest BCUT2D eigenvalue weighted by Crippen LogP contribution is 2.30. The molecule has 1 unspecified atom stereocenters. The van der Waals surface area contributed by atoms with E-state index in [-0.39, 0.29) is 0 Å². The van der Waals surface area contributed by atoms with Gasteiger partial charge in [0.05, 0.1) is 0 Å². The SMILES string of the molecule is C[C](CP)[C@@H]1CC=C(C)CC1. The molecule has 0 nitrogen and oxygen atoms in total. The Kier molecular flexibility index (Phi) is 3.59. The van der Waals surface area contributed by atoms with Crippen molar-refractivity contribution < 1.29 is 0 Å². The van der Waals surface area contributed by atoms with Crippen LogP contribution in [0.15, 0.2) is 11.6 Å². The van der Waals surface area contributed by atoms with Gasteiger partial charge in [-0.05, 0) is 44.2 Å². The van der Waals surface area contributed by atoms with Crippen LogP contribution in [-0.2, 0) is 0 Å². The minimum atomic E-state index is 0.871. The third kappa shape index (κ3) is 2.60. The lowest BCUT2D eigenvalue weighted by Crippen LogP contribution is -2.13. The highest BCUT2D eigenvalue weighted by Gasteiger charge is 2.17. The van der Waals surface area contributed by atoms with Crippen molar-refractivity contribution in [3.63, 3.8) is 0 Å². The molecule has 1 aliphatic rings. The first-order valence-corrected chi connectivity index (χ1v) is 5.23. The Morgan fingerprint density at radius 1 is 1.73 bits per heavy atom. The number of hydrogen-bond acceptors (Lipinski definition) is 0. The molecule has 1 radical (unpaired) electrons. The lowest BCUT2D eigenvalue weighted by molar-refractivity contribution is 0.490. The molecular formula is C10H18P. The summed E-state index contributed by atoms with van der Waals surface area (Å²) < 4.78 is 0. The van der Waals surface area contributed by atoms with Gasteiger partial charge in [0.1, 0.15) is 0 Å². The average Bonchev–Trinajstić information content (AvgIpc) is 2.05. The van der Waals surface area contributed by atoms with E-state index in [9.17, 15) is 0 Å². The van der Waals surface area contributed by atoms with Gasteiger partial charge < -0.3 is 0 Å². The van der Waals surface area contributed by atoms with Crippen LogP contribution in [0.1, 0.15) is 33.1 Å². The third-order valence-corrected chi connectivity index (χ3v) is 3.30. The van der Waals surface area contributed by atoms with Crippen molar-refractivity contribution in [2.75, 3.05) is 6.16 Å². The largest absolute Gasteiger partial charge is 0.137 e. The van der Waals surface area contributed by atoms with E-state index in [1.54, 1.807) is 11.5 Å². The van der Waals surface area contributed by atoms with Crippen LogP contribution in [-0.4, -0.2) is 6.16 Å². The normalized spacial score (nSPS) is 25.5. The zero-order chi connectivity index (χ0) is 8.27. The molecule has 0 fully saturated rings. The highest BCUT2D eigenvalue weighted by atomic mass is 31.0. The molecule has 0 spiro atoms. The van der Waals surface area contributed by atoms with E-state index in [0.29, 0.717) is 0 Å². The highest BCUT2D eigenvalue weighted by molar-refractivity contribution is 7.16. The summed E-state index contributed by atoms with van der Waals surface area (Å²) in [7, 11) is 2.82. The van der Waals surface area contributed by atoms with Crippen LogP contribution in [0.3, 0.4) is 0 Å². The summed E-state index contributed by atoms with van der Waals surface area (Å²) in [5.74, 6) is 2.52. The smallest absolute Gasteiger partial charge is 0.0200 e. The molecule has 1 aliphatic carbocycles. The quantitative estimate of drug-likeness (QED) is 0.440. The van der Waals surface area contributed by atoms with Gasteiger partial charge in [-0.3, -0.25) is 0 Å². The van der Waals surface area contributed by atoms with E-state index >= 15 is 0 Å². The van der Waals surface area contributed by atoms with Gasteiger partial charge in [0, 0.05) is 0 Å². The summed E-state index contributed by atoms with van der Waals surface area (Å²) in [4.78, 5) is 0. The second-order valence-electron chi connectivity index (χ2n) is 3.57. The van der Waals surface area contributed by atoms with E-state index in [4.69, 9.17) is 0 Å². The molecular weight excluding hydrogens is 151 g/mol. The number of rotatable bonds is 2. The van der Waals surface area contributed by atoms with Crippen molar-refractivity contribution in [1.29, 1.82) is 0 Å². The second-order valence-corrected chi connectivity index (χ2v) is 3.98. The Hall–Kier alpha value is 0.170. The molecule has 0 aliphatic heterocycles. The van der Waals surface area contributed by atoms with E-state index in [1.165, 1.54) is 25.4 Å². The number of allylic oxidation sites excluding steroid dienone is 2. The van der Waals surface area contributed by atoms with Gasteiger partial charge in [-0.25, -0.2) is 0 Å². The molecule has 0 aromatic heterocycles. The molecule has 0 N–H and O–H groups in total. The Morgan fingerprint density at radius 2 is 2.45 bits per heavy atom. The fourth-order valence-electron chi connectivity index (χ4n) is 1.58. The minimum absolute atomic E-state index is 0.871. The van der Waals surface area contributed by atoms with Crippen LogP contribution in [0.2, 0.25) is 0 Å². The van der Waals surface area contributed by atoms with Gasteiger partial charge in [0.25, 0.3) is 0 Å². The molecule has 0 bridgehead atoms. The predicted octanol–water partition coefficient (Wildman–Crippen LogP) is 3.20. The first-order chi connectivity index (χ1) is 5.24. The van der Waals surface area contributed by atoms with E-state index in [2.05, 4.69) is 29.2 Å². The molecule has 2 atom stereocenters. The molecule has 0 amide bonds. The van der Waals surface area contributed by atoms with E-state index in [0.717, 1.165) is 5.92 Å². The zero-order valence-electron chi connectivity index (χ0n) is 7.56. The van der Waals surface area contributed by atoms with Gasteiger partial charge in [0.15, 0.2) is 0 Å². The van der Waals surface area contributed by atoms with Crippen molar-refractivity contribution in [3.05, 3.63) is 17.6 Å². The Labute approximate surface area is 72.7 Å². The first kappa shape index (κ1) is 9.26. The lowest BCUT2D eigenvalue weighted by Gasteiger charge is -2.24. The summed E-state index contributed by atoms with van der Waals surface area (Å²) in [5, 5.41) is 0. The molecule has 0 aromatic carbocycles. The monoisotopic (exact) mass is 169 g/mol. The summed E-state index contributed by atoms with van der Waals surface area (Å²) in [6.45, 7) is 4.53. The number of hydrogen-bond donors (Lipinski definition) is 0. The van der Waals surface area contributed by atoms with Crippen LogP contribution >= 0.6 is 9.24 Å². The van der Waals surface area contributed by atoms with Crippen LogP contribution in [0.5, 0.6) is 0 Å². The van der Waals surface area contributed by atoms with Crippen molar-refractivity contribution in [3.8, 4) is 0 Å². The van der Waals surface area contributed by atoms with Gasteiger partial charge in [-0.15, -0.1) is 9.24 Å². The first-order valence-electron chi connectivity index (χ1n) is 4.42. The standard InChI is InChI=1S/C10H18P/c1-8-3-5-10(6-4-8)9(2)7-11/h3,10H,4-7,11H2,1-2H3/t10-/m1/s1. The lowest BCUT2D eigenvalue weighted by atomic mass is 9.83. The molecule has 0 saturated heterocycles. The minimum Gasteiger partial charge on any atom is -0.137 e. The molecule has 0 saturated carbocycles. The molecule has 63 valence electrons. The maximum absolute atomic E-state index is 2.82. The van der Waals surface area contributed by atoms with E-state index < -0.39 is 0 Å². The van der Waals surface area contributed by atoms with Crippen LogP contribution < -0.4 is 0 Å². The zero-order valence-corrected chi connectivity index (χ0v) is 8.72. The van der Waals surface area contributed by atoms with Gasteiger partial charge in [0.2, 0.25) is 0 Å². The summed E-state index contributed by atoms with van der Waals surface area (Å²) in [6, 6.07) is 0. The Balaban J connectivity index is 2.40. The Morgan fingerprint density at radius 3 is 2.91 bits per heavy atom. The van der Waals surface area contributed by atoms with Gasteiger partial charge >= 0.3 is 0 Å². The van der Waals surface area contributed by atoms with Crippen LogP contribution in [0, 0.1) is 11.8 Å². The topological polar surface area (TPSA) is 0 Å². The fraction of sp³-hybridized carbons (Fsp3) is 0.700. The summed E-state index contributed by atoms with van der Waals surface area (Å²) >= 11 is 0. The summed E-state index contributed by atoms with van der Waals surface area (Å²) in [6.07, 6.45) is 7.55. The average molecular weight is 169 g/mol. The van der Waals surface area contributed by atoms with Gasteiger partial charge in [-0.2, -0.15) is 0 Å². The van der Waals surface area contributed by atoms with Crippen molar-refractivity contribution in [2.24, 2.45) is 5.92 Å². The molecule has 1 heteroatoms. The summed E-state index contributed by atoms with van der Waals surface area (Å²) in [5.41, 5.74) is 1.58. The van der Waals surface area contributed by atoms with Gasteiger partial charge in [-0.1, -0.05) is 18.6 Å². The molecule has 11 heavy (non-hydrogen) atoms. The maximum Gasteiger partial charge on any atom is -0.0200 e. The van der Waals surface area contributed by atoms with Crippen LogP contribution in [0.4, 0.5) is 0 Å². The maximum atomic E-state index is 2.82. The third-order valence-electron chi connectivity index (χ3n) is 2.66. The molecule has 1 rings (SSSR count). The fourth-order valence-corrected chi connectivity index (χ4v) is 1.91. The van der Waals surface area contributed by atoms with Crippen molar-refractivity contribution in [1.82, 2.24) is 0 Å². The van der Waals surface area contributed by atoms with Crippen molar-refractivity contribution >= 4 is 9.24 Å². The van der Waals surface area contributed by atoms with Crippen LogP contribution in [0.25, 0.3) is 0 Å². The van der Waals surface area contributed by atoms with Crippen molar-refractivity contribution in [2.45, 2.75) is 33.1 Å². The predicted molar refractivity (Wildman–Crippen MR) is 54.6 cm³/mol. The Bertz CT molecular complexity index is 149. The second kappa shape index (κ2) is 4.26. The molecule has 0 aromatic rings. The van der Waals surface area contributed by atoms with E-state index in [1.807, 2.05) is 0 Å².